The average Bonchev–Trinajstić information content (AvgIpc) is 2.63. The van der Waals surface area contributed by atoms with E-state index >= 15 is 0 Å². The van der Waals surface area contributed by atoms with E-state index in [2.05, 4.69) is 10.1 Å². The van der Waals surface area contributed by atoms with Crippen molar-refractivity contribution in [3.63, 3.8) is 0 Å². The van der Waals surface area contributed by atoms with Crippen LogP contribution in [0.5, 0.6) is 0 Å². The highest BCUT2D eigenvalue weighted by molar-refractivity contribution is 5.38. The highest BCUT2D eigenvalue weighted by Crippen LogP contribution is 2.02. The second-order valence-corrected chi connectivity index (χ2v) is 2.72. The summed E-state index contributed by atoms with van der Waals surface area (Å²) in [5.74, 6) is 0. The molecule has 3 heteroatoms. The van der Waals surface area contributed by atoms with Gasteiger partial charge in [-0.15, -0.1) is 0 Å². The van der Waals surface area contributed by atoms with Crippen molar-refractivity contribution < 1.29 is 0 Å². The van der Waals surface area contributed by atoms with Crippen molar-refractivity contribution in [1.29, 1.82) is 0 Å². The molecule has 0 atom stereocenters. The normalized spacial score (nSPS) is 8.67. The van der Waals surface area contributed by atoms with Crippen LogP contribution in [0.25, 0.3) is 5.65 Å². The van der Waals surface area contributed by atoms with Crippen LogP contribution >= 0.6 is 0 Å². The minimum Gasteiger partial charge on any atom is -0.237 e. The van der Waals surface area contributed by atoms with Crippen LogP contribution in [0.2, 0.25) is 0 Å². The van der Waals surface area contributed by atoms with Gasteiger partial charge in [0.2, 0.25) is 0 Å². The molecule has 0 saturated heterocycles. The zero-order chi connectivity index (χ0) is 11.8. The van der Waals surface area contributed by atoms with E-state index < -0.39 is 0 Å². The molecule has 0 bridgehead atoms. The van der Waals surface area contributed by atoms with Gasteiger partial charge < -0.3 is 0 Å². The summed E-state index contributed by atoms with van der Waals surface area (Å²) in [7, 11) is 0. The molecule has 0 amide bonds. The van der Waals surface area contributed by atoms with Gasteiger partial charge in [-0.2, -0.15) is 5.10 Å². The molecule has 0 aliphatic rings. The first-order valence-corrected chi connectivity index (χ1v) is 5.54. The number of hydrogen-bond donors (Lipinski definition) is 0. The van der Waals surface area contributed by atoms with E-state index in [1.807, 2.05) is 60.0 Å². The van der Waals surface area contributed by atoms with Gasteiger partial charge in [0.1, 0.15) is 0 Å². The van der Waals surface area contributed by atoms with Crippen molar-refractivity contribution in [3.8, 4) is 0 Å². The summed E-state index contributed by atoms with van der Waals surface area (Å²) in [4.78, 5) is 4.20. The lowest BCUT2D eigenvalue weighted by molar-refractivity contribution is 0.907. The molecule has 2 aromatic heterocycles. The molecule has 3 nitrogen and oxygen atoms in total. The maximum Gasteiger partial charge on any atom is 0.155 e. The van der Waals surface area contributed by atoms with E-state index in [0.29, 0.717) is 0 Å². The Balaban J connectivity index is 0.000000442. The molecule has 0 aliphatic heterocycles. The Hall–Kier alpha value is -1.38. The van der Waals surface area contributed by atoms with Gasteiger partial charge in [-0.3, -0.25) is 0 Å². The summed E-state index contributed by atoms with van der Waals surface area (Å²) >= 11 is 0. The van der Waals surface area contributed by atoms with Crippen molar-refractivity contribution >= 4 is 5.65 Å². The predicted molar refractivity (Wildman–Crippen MR) is 65.2 cm³/mol. The van der Waals surface area contributed by atoms with E-state index in [4.69, 9.17) is 0 Å². The molecular formula is C12H21N3. The van der Waals surface area contributed by atoms with Crippen molar-refractivity contribution in [2.45, 2.75) is 41.5 Å². The van der Waals surface area contributed by atoms with Gasteiger partial charge in [-0.25, -0.2) is 9.50 Å². The van der Waals surface area contributed by atoms with E-state index in [0.717, 1.165) is 16.9 Å². The van der Waals surface area contributed by atoms with Crippen LogP contribution in [-0.4, -0.2) is 14.6 Å². The molecule has 84 valence electrons. The minimum absolute atomic E-state index is 0.910. The van der Waals surface area contributed by atoms with Gasteiger partial charge in [0.15, 0.2) is 5.65 Å². The van der Waals surface area contributed by atoms with Crippen LogP contribution in [-0.2, 0) is 0 Å². The first-order chi connectivity index (χ1) is 7.25. The monoisotopic (exact) mass is 207 g/mol. The van der Waals surface area contributed by atoms with E-state index in [-0.39, 0.29) is 0 Å². The number of hydrogen-bond acceptors (Lipinski definition) is 2. The number of fused-ring (bicyclic) bond motifs is 1. The van der Waals surface area contributed by atoms with Crippen LogP contribution in [0.15, 0.2) is 18.5 Å². The lowest BCUT2D eigenvalue weighted by Crippen LogP contribution is -1.90. The third kappa shape index (κ3) is 3.70. The molecule has 0 N–H and O–H groups in total. The molecule has 15 heavy (non-hydrogen) atoms. The second kappa shape index (κ2) is 6.98. The summed E-state index contributed by atoms with van der Waals surface area (Å²) < 4.78 is 1.80. The number of aromatic nitrogens is 3. The Morgan fingerprint density at radius 3 is 2.27 bits per heavy atom. The molecule has 0 fully saturated rings. The van der Waals surface area contributed by atoms with Gasteiger partial charge >= 0.3 is 0 Å². The SMILES string of the molecule is CC.CC.Cc1cnc2cc(C)nn2c1. The maximum absolute atomic E-state index is 4.23. The van der Waals surface area contributed by atoms with Crippen LogP contribution in [0.3, 0.4) is 0 Å². The first kappa shape index (κ1) is 13.6. The van der Waals surface area contributed by atoms with Gasteiger partial charge in [0.25, 0.3) is 0 Å². The fourth-order valence-electron chi connectivity index (χ4n) is 1.09. The largest absolute Gasteiger partial charge is 0.237 e. The number of nitrogens with zero attached hydrogens (tertiary/aromatic N) is 3. The quantitative estimate of drug-likeness (QED) is 0.662. The molecule has 2 aromatic rings. The summed E-state index contributed by atoms with van der Waals surface area (Å²) in [5.41, 5.74) is 3.04. The Bertz CT molecular complexity index is 391. The lowest BCUT2D eigenvalue weighted by Gasteiger charge is -1.91. The number of aryl methyl sites for hydroxylation is 2. The molecule has 0 spiro atoms. The fourth-order valence-corrected chi connectivity index (χ4v) is 1.09. The average molecular weight is 207 g/mol. The molecule has 0 saturated carbocycles. The highest BCUT2D eigenvalue weighted by Gasteiger charge is 1.96. The Morgan fingerprint density at radius 1 is 1.07 bits per heavy atom. The first-order valence-electron chi connectivity index (χ1n) is 5.54. The third-order valence-electron chi connectivity index (χ3n) is 1.56. The van der Waals surface area contributed by atoms with Crippen molar-refractivity contribution in [2.24, 2.45) is 0 Å². The van der Waals surface area contributed by atoms with Crippen LogP contribution in [0.4, 0.5) is 0 Å². The van der Waals surface area contributed by atoms with Crippen LogP contribution in [0, 0.1) is 13.8 Å². The summed E-state index contributed by atoms with van der Waals surface area (Å²) in [6.07, 6.45) is 3.81. The third-order valence-corrected chi connectivity index (χ3v) is 1.56. The van der Waals surface area contributed by atoms with E-state index in [1.54, 1.807) is 4.52 Å². The maximum atomic E-state index is 4.23. The van der Waals surface area contributed by atoms with Crippen LogP contribution < -0.4 is 0 Å². The van der Waals surface area contributed by atoms with Crippen molar-refractivity contribution in [3.05, 3.63) is 29.7 Å². The lowest BCUT2D eigenvalue weighted by atomic mass is 10.4. The second-order valence-electron chi connectivity index (χ2n) is 2.72. The topological polar surface area (TPSA) is 30.2 Å². The van der Waals surface area contributed by atoms with Crippen molar-refractivity contribution in [2.75, 3.05) is 0 Å². The van der Waals surface area contributed by atoms with E-state index in [9.17, 15) is 0 Å². The summed E-state index contributed by atoms with van der Waals surface area (Å²) in [6, 6.07) is 1.96. The summed E-state index contributed by atoms with van der Waals surface area (Å²) in [5, 5.41) is 4.23. The molecule has 2 heterocycles. The standard InChI is InChI=1S/C8H9N3.2C2H6/c1-6-4-9-8-3-7(2)10-11(8)5-6;2*1-2/h3-5H,1-2H3;2*1-2H3. The zero-order valence-electron chi connectivity index (χ0n) is 10.6. The fraction of sp³-hybridized carbons (Fsp3) is 0.500. The molecule has 0 aliphatic carbocycles. The van der Waals surface area contributed by atoms with Gasteiger partial charge in [-0.1, -0.05) is 27.7 Å². The molecule has 0 unspecified atom stereocenters. The van der Waals surface area contributed by atoms with Crippen molar-refractivity contribution in [1.82, 2.24) is 14.6 Å². The molecule has 0 radical (unpaired) electrons. The zero-order valence-corrected chi connectivity index (χ0v) is 10.6. The Morgan fingerprint density at radius 2 is 1.67 bits per heavy atom. The Kier molecular flexibility index (Phi) is 6.34. The van der Waals surface area contributed by atoms with E-state index in [1.165, 1.54) is 0 Å². The Labute approximate surface area is 92.2 Å². The van der Waals surface area contributed by atoms with Gasteiger partial charge in [0, 0.05) is 18.5 Å². The predicted octanol–water partition coefficient (Wildman–Crippen LogP) is 3.40. The minimum atomic E-state index is 0.910. The van der Waals surface area contributed by atoms with Gasteiger partial charge in [0.05, 0.1) is 5.69 Å². The summed E-state index contributed by atoms with van der Waals surface area (Å²) in [6.45, 7) is 12.0. The molecule has 0 aromatic carbocycles. The highest BCUT2D eigenvalue weighted by atomic mass is 15.2. The van der Waals surface area contributed by atoms with Gasteiger partial charge in [-0.05, 0) is 19.4 Å². The molecular weight excluding hydrogens is 186 g/mol. The molecule has 2 rings (SSSR count). The smallest absolute Gasteiger partial charge is 0.155 e. The van der Waals surface area contributed by atoms with Crippen LogP contribution in [0.1, 0.15) is 39.0 Å². The number of rotatable bonds is 0.